The van der Waals surface area contributed by atoms with Crippen molar-refractivity contribution in [3.8, 4) is 0 Å². The summed E-state index contributed by atoms with van der Waals surface area (Å²) in [6.45, 7) is 3.63. The largest absolute Gasteiger partial charge is 0.462 e. The van der Waals surface area contributed by atoms with E-state index in [0.29, 0.717) is 12.8 Å². The second-order valence-corrected chi connectivity index (χ2v) is 13.3. The minimum Gasteiger partial charge on any atom is -0.462 e. The number of aliphatic hydroxyl groups excluding tert-OH is 3. The molecule has 0 aromatic rings. The van der Waals surface area contributed by atoms with E-state index in [2.05, 4.69) is 13.8 Å². The fourth-order valence-corrected chi connectivity index (χ4v) is 5.72. The van der Waals surface area contributed by atoms with E-state index < -0.39 is 71.2 Å². The van der Waals surface area contributed by atoms with Crippen LogP contribution in [-0.2, 0) is 38.7 Å². The summed E-state index contributed by atoms with van der Waals surface area (Å²) in [4.78, 5) is 24.9. The second kappa shape index (κ2) is 23.9. The van der Waals surface area contributed by atoms with Gasteiger partial charge in [0, 0.05) is 12.8 Å². The summed E-state index contributed by atoms with van der Waals surface area (Å²) < 4.78 is 53.4. The molecule has 13 heteroatoms. The molecule has 0 spiro atoms. The summed E-state index contributed by atoms with van der Waals surface area (Å²) in [6, 6.07) is 0. The predicted octanol–water partition coefficient (Wildman–Crippen LogP) is 4.22. The molecule has 6 atom stereocenters. The monoisotopic (exact) mass is 654 g/mol. The van der Waals surface area contributed by atoms with E-state index in [9.17, 15) is 33.3 Å². The van der Waals surface area contributed by atoms with Gasteiger partial charge in [-0.15, -0.1) is 0 Å². The summed E-state index contributed by atoms with van der Waals surface area (Å²) >= 11 is 0. The average Bonchev–Trinajstić information content (AvgIpc) is 2.97. The van der Waals surface area contributed by atoms with E-state index in [1.165, 1.54) is 38.5 Å². The van der Waals surface area contributed by atoms with Crippen LogP contribution in [0.15, 0.2) is 0 Å². The first-order valence-electron chi connectivity index (χ1n) is 16.6. The van der Waals surface area contributed by atoms with Crippen LogP contribution < -0.4 is 0 Å². The number of aliphatic hydroxyl groups is 3. The molecule has 1 aliphatic rings. The third kappa shape index (κ3) is 19.2. The van der Waals surface area contributed by atoms with Crippen molar-refractivity contribution in [2.24, 2.45) is 0 Å². The molecule has 0 aromatic carbocycles. The second-order valence-electron chi connectivity index (χ2n) is 11.8. The summed E-state index contributed by atoms with van der Waals surface area (Å²) in [5.74, 6) is -1.99. The molecule has 2 unspecified atom stereocenters. The number of ether oxygens (including phenoxy) is 4. The van der Waals surface area contributed by atoms with Crippen LogP contribution in [0, 0.1) is 0 Å². The van der Waals surface area contributed by atoms with Crippen molar-refractivity contribution in [2.75, 3.05) is 19.0 Å². The molecule has 12 nitrogen and oxygen atoms in total. The topological polar surface area (TPSA) is 186 Å². The van der Waals surface area contributed by atoms with E-state index >= 15 is 0 Å². The van der Waals surface area contributed by atoms with Gasteiger partial charge in [0.25, 0.3) is 10.1 Å². The van der Waals surface area contributed by atoms with Crippen LogP contribution in [-0.4, -0.2) is 96.0 Å². The van der Waals surface area contributed by atoms with Crippen molar-refractivity contribution in [3.05, 3.63) is 0 Å². The quantitative estimate of drug-likeness (QED) is 0.0592. The molecule has 0 aromatic heterocycles. The molecule has 1 saturated heterocycles. The molecule has 1 aliphatic heterocycles. The van der Waals surface area contributed by atoms with Crippen LogP contribution in [0.2, 0.25) is 0 Å². The Balaban J connectivity index is 2.60. The van der Waals surface area contributed by atoms with Crippen LogP contribution in [0.1, 0.15) is 129 Å². The number of hydrogen-bond acceptors (Lipinski definition) is 11. The molecule has 0 saturated carbocycles. The fourth-order valence-electron chi connectivity index (χ4n) is 5.03. The van der Waals surface area contributed by atoms with Gasteiger partial charge in [-0.2, -0.15) is 8.42 Å². The van der Waals surface area contributed by atoms with E-state index in [-0.39, 0.29) is 19.4 Å². The highest BCUT2D eigenvalue weighted by molar-refractivity contribution is 7.85. The van der Waals surface area contributed by atoms with Crippen molar-refractivity contribution in [3.63, 3.8) is 0 Å². The summed E-state index contributed by atoms with van der Waals surface area (Å²) in [7, 11) is -4.58. The van der Waals surface area contributed by atoms with E-state index in [1.54, 1.807) is 0 Å². The molecular weight excluding hydrogens is 596 g/mol. The third-order valence-corrected chi connectivity index (χ3v) is 8.44. The van der Waals surface area contributed by atoms with Crippen molar-refractivity contribution in [2.45, 2.75) is 166 Å². The van der Waals surface area contributed by atoms with Crippen molar-refractivity contribution in [1.29, 1.82) is 0 Å². The highest BCUT2D eigenvalue weighted by Gasteiger charge is 2.46. The molecule has 4 N–H and O–H groups in total. The Kier molecular flexibility index (Phi) is 22.1. The van der Waals surface area contributed by atoms with Crippen molar-refractivity contribution in [1.82, 2.24) is 0 Å². The van der Waals surface area contributed by atoms with Gasteiger partial charge in [-0.3, -0.25) is 14.1 Å². The number of esters is 2. The Bertz CT molecular complexity index is 868. The molecule has 0 radical (unpaired) electrons. The predicted molar refractivity (Wildman–Crippen MR) is 164 cm³/mol. The maximum atomic E-state index is 12.5. The highest BCUT2D eigenvalue weighted by Crippen LogP contribution is 2.24. The molecule has 1 rings (SSSR count). The Morgan fingerprint density at radius 1 is 0.682 bits per heavy atom. The van der Waals surface area contributed by atoms with Gasteiger partial charge in [-0.05, 0) is 12.8 Å². The maximum absolute atomic E-state index is 12.5. The fraction of sp³-hybridized carbons (Fsp3) is 0.935. The molecule has 44 heavy (non-hydrogen) atoms. The number of unbranched alkanes of at least 4 members (excludes halogenated alkanes) is 14. The molecule has 260 valence electrons. The normalized spacial score (nSPS) is 22.9. The number of hydrogen-bond donors (Lipinski definition) is 4. The maximum Gasteiger partial charge on any atom is 0.306 e. The first kappa shape index (κ1) is 40.7. The number of carbonyl (C=O) groups is 2. The molecular formula is C31H58O12S. The molecule has 1 fully saturated rings. The van der Waals surface area contributed by atoms with E-state index in [0.717, 1.165) is 51.4 Å². The van der Waals surface area contributed by atoms with Gasteiger partial charge in [0.15, 0.2) is 12.4 Å². The van der Waals surface area contributed by atoms with Gasteiger partial charge < -0.3 is 34.3 Å². The van der Waals surface area contributed by atoms with Crippen LogP contribution in [0.4, 0.5) is 0 Å². The minimum atomic E-state index is -4.58. The summed E-state index contributed by atoms with van der Waals surface area (Å²) in [5, 5.41) is 30.5. The van der Waals surface area contributed by atoms with Crippen LogP contribution in [0.25, 0.3) is 0 Å². The van der Waals surface area contributed by atoms with Crippen molar-refractivity contribution < 1.29 is 56.8 Å². The zero-order valence-electron chi connectivity index (χ0n) is 26.8. The lowest BCUT2D eigenvalue weighted by Gasteiger charge is -2.40. The Morgan fingerprint density at radius 2 is 1.16 bits per heavy atom. The lowest BCUT2D eigenvalue weighted by Crippen LogP contribution is -2.60. The summed E-state index contributed by atoms with van der Waals surface area (Å²) in [5.41, 5.74) is 0. The van der Waals surface area contributed by atoms with Gasteiger partial charge in [0.2, 0.25) is 0 Å². The molecule has 0 amide bonds. The smallest absolute Gasteiger partial charge is 0.306 e. The Hall–Kier alpha value is -1.35. The van der Waals surface area contributed by atoms with E-state index in [1.807, 2.05) is 0 Å². The zero-order valence-corrected chi connectivity index (χ0v) is 27.6. The lowest BCUT2D eigenvalue weighted by atomic mass is 10.00. The number of carbonyl (C=O) groups excluding carboxylic acids is 2. The highest BCUT2D eigenvalue weighted by atomic mass is 32.2. The van der Waals surface area contributed by atoms with Gasteiger partial charge in [-0.25, -0.2) is 0 Å². The van der Waals surface area contributed by atoms with Crippen LogP contribution >= 0.6 is 0 Å². The minimum absolute atomic E-state index is 0.167. The standard InChI is InChI=1S/C31H58O12S/c1-3-5-7-9-11-12-14-15-17-19-26(32)40-21-24(42-27(33)20-18-16-13-10-8-6-4-2)22-41-31-30(36)29(35)28(34)25(43-31)23-44(37,38)39/h24-25,28-31,34-36H,3-23H2,1-2H3,(H,37,38,39)/t24-,25-,28-,29?,30?,31+/m1/s1. The van der Waals surface area contributed by atoms with Gasteiger partial charge >= 0.3 is 11.9 Å². The molecule has 1 heterocycles. The zero-order chi connectivity index (χ0) is 32.8. The SMILES string of the molecule is CCCCCCCCCCCC(=O)OC[C@H](CO[C@H]1O[C@H](CS(=O)(=O)O)[C@@H](O)C(O)C1O)OC(=O)CCCCCCCCC. The van der Waals surface area contributed by atoms with E-state index in [4.69, 9.17) is 23.5 Å². The average molecular weight is 655 g/mol. The van der Waals surface area contributed by atoms with Crippen LogP contribution in [0.5, 0.6) is 0 Å². The third-order valence-electron chi connectivity index (χ3n) is 7.69. The van der Waals surface area contributed by atoms with Gasteiger partial charge in [0.1, 0.15) is 36.8 Å². The molecule has 0 bridgehead atoms. The Morgan fingerprint density at radius 3 is 1.66 bits per heavy atom. The Labute approximate surface area is 263 Å². The van der Waals surface area contributed by atoms with Crippen LogP contribution in [0.3, 0.4) is 0 Å². The first-order valence-corrected chi connectivity index (χ1v) is 18.2. The summed E-state index contributed by atoms with van der Waals surface area (Å²) in [6.07, 6.45) is 7.87. The molecule has 0 aliphatic carbocycles. The van der Waals surface area contributed by atoms with Crippen molar-refractivity contribution >= 4 is 22.1 Å². The number of rotatable bonds is 26. The first-order chi connectivity index (χ1) is 21.0. The van der Waals surface area contributed by atoms with Gasteiger partial charge in [0.05, 0.1) is 6.61 Å². The van der Waals surface area contributed by atoms with Gasteiger partial charge in [-0.1, -0.05) is 104 Å². The lowest BCUT2D eigenvalue weighted by molar-refractivity contribution is -0.297.